The molecule has 124 valence electrons. The summed E-state index contributed by atoms with van der Waals surface area (Å²) in [7, 11) is -1.41. The van der Waals surface area contributed by atoms with Gasteiger partial charge in [-0.3, -0.25) is 0 Å². The zero-order chi connectivity index (χ0) is 15.3. The molecule has 3 atom stereocenters. The number of piperidine rings is 1. The summed E-state index contributed by atoms with van der Waals surface area (Å²) in [6, 6.07) is 0.100. The van der Waals surface area contributed by atoms with E-state index in [1.165, 1.54) is 6.42 Å². The van der Waals surface area contributed by atoms with Crippen molar-refractivity contribution in [2.75, 3.05) is 32.9 Å². The molecule has 3 unspecified atom stereocenters. The summed E-state index contributed by atoms with van der Waals surface area (Å²) in [5.41, 5.74) is 0. The molecule has 0 aromatic rings. The first-order valence-electron chi connectivity index (χ1n) is 8.01. The molecule has 2 aliphatic rings. The maximum Gasteiger partial charge on any atom is 0.279 e. The third kappa shape index (κ3) is 4.82. The largest absolute Gasteiger partial charge is 0.319 e. The van der Waals surface area contributed by atoms with Crippen LogP contribution < -0.4 is 10.0 Å². The van der Waals surface area contributed by atoms with Crippen LogP contribution in [0.5, 0.6) is 0 Å². The molecular weight excluding hydrogens is 306 g/mol. The lowest BCUT2D eigenvalue weighted by molar-refractivity contribution is 0.258. The highest BCUT2D eigenvalue weighted by Gasteiger charge is 2.33. The highest BCUT2D eigenvalue weighted by atomic mass is 32.2. The van der Waals surface area contributed by atoms with Crippen LogP contribution in [0.4, 0.5) is 0 Å². The fourth-order valence-corrected chi connectivity index (χ4v) is 6.09. The van der Waals surface area contributed by atoms with E-state index in [4.69, 9.17) is 0 Å². The van der Waals surface area contributed by atoms with Crippen molar-refractivity contribution in [3.63, 3.8) is 0 Å². The molecule has 0 aromatic carbocycles. The Morgan fingerprint density at radius 2 is 1.95 bits per heavy atom. The van der Waals surface area contributed by atoms with E-state index in [1.54, 1.807) is 16.1 Å². The molecule has 2 rings (SSSR count). The van der Waals surface area contributed by atoms with Crippen LogP contribution in [0.3, 0.4) is 0 Å². The van der Waals surface area contributed by atoms with Gasteiger partial charge >= 0.3 is 0 Å². The number of nitrogens with zero attached hydrogens (tertiary/aromatic N) is 1. The molecule has 0 spiro atoms. The van der Waals surface area contributed by atoms with E-state index in [-0.39, 0.29) is 6.04 Å². The van der Waals surface area contributed by atoms with Crippen LogP contribution in [0.1, 0.15) is 38.5 Å². The second kappa shape index (κ2) is 8.15. The van der Waals surface area contributed by atoms with E-state index in [2.05, 4.69) is 16.3 Å². The summed E-state index contributed by atoms with van der Waals surface area (Å²) in [6.07, 6.45) is 8.61. The van der Waals surface area contributed by atoms with Crippen LogP contribution in [0.15, 0.2) is 0 Å². The molecular formula is C14H29N3O2S2. The van der Waals surface area contributed by atoms with Crippen molar-refractivity contribution in [2.24, 2.45) is 5.92 Å². The predicted molar refractivity (Wildman–Crippen MR) is 89.8 cm³/mol. The molecule has 0 amide bonds. The first-order chi connectivity index (χ1) is 10.1. The van der Waals surface area contributed by atoms with Crippen molar-refractivity contribution in [3.05, 3.63) is 0 Å². The minimum Gasteiger partial charge on any atom is -0.319 e. The first kappa shape index (κ1) is 17.5. The van der Waals surface area contributed by atoms with Gasteiger partial charge in [0, 0.05) is 24.4 Å². The Hall–Kier alpha value is 0.180. The second-order valence-electron chi connectivity index (χ2n) is 6.21. The molecule has 0 aromatic heterocycles. The van der Waals surface area contributed by atoms with Crippen LogP contribution in [0, 0.1) is 5.92 Å². The summed E-state index contributed by atoms with van der Waals surface area (Å²) in [4.78, 5) is 0. The fourth-order valence-electron chi connectivity index (χ4n) is 3.48. The minimum absolute atomic E-state index is 0.100. The monoisotopic (exact) mass is 335 g/mol. The zero-order valence-electron chi connectivity index (χ0n) is 13.2. The van der Waals surface area contributed by atoms with E-state index in [0.29, 0.717) is 24.3 Å². The van der Waals surface area contributed by atoms with E-state index in [9.17, 15) is 8.42 Å². The molecule has 1 aliphatic heterocycles. The van der Waals surface area contributed by atoms with Gasteiger partial charge in [-0.2, -0.15) is 29.2 Å². The molecule has 1 aliphatic carbocycles. The number of thioether (sulfide) groups is 1. The van der Waals surface area contributed by atoms with Gasteiger partial charge in [-0.05, 0) is 51.4 Å². The van der Waals surface area contributed by atoms with Gasteiger partial charge in [-0.1, -0.05) is 12.8 Å². The molecule has 0 radical (unpaired) electrons. The van der Waals surface area contributed by atoms with Gasteiger partial charge in [-0.25, -0.2) is 0 Å². The molecule has 1 saturated heterocycles. The topological polar surface area (TPSA) is 61.4 Å². The quantitative estimate of drug-likeness (QED) is 0.771. The maximum atomic E-state index is 12.7. The lowest BCUT2D eigenvalue weighted by Crippen LogP contribution is -2.52. The Kier molecular flexibility index (Phi) is 6.80. The van der Waals surface area contributed by atoms with E-state index >= 15 is 0 Å². The summed E-state index contributed by atoms with van der Waals surface area (Å²) in [5, 5.41) is 3.58. The summed E-state index contributed by atoms with van der Waals surface area (Å²) in [5.74, 6) is 0.433. The third-order valence-electron chi connectivity index (χ3n) is 4.62. The molecule has 0 bridgehead atoms. The van der Waals surface area contributed by atoms with Crippen molar-refractivity contribution < 1.29 is 8.42 Å². The van der Waals surface area contributed by atoms with Crippen molar-refractivity contribution in [1.29, 1.82) is 0 Å². The summed E-state index contributed by atoms with van der Waals surface area (Å²) in [6.45, 7) is 2.20. The SMILES string of the molecule is CNCC1CCCN(S(=O)(=O)NC2CCCCC2SC)C1. The third-order valence-corrected chi connectivity index (χ3v) is 7.40. The Labute approximate surface area is 133 Å². The Morgan fingerprint density at radius 3 is 2.67 bits per heavy atom. The Balaban J connectivity index is 1.96. The molecule has 1 heterocycles. The van der Waals surface area contributed by atoms with Gasteiger partial charge in [0.2, 0.25) is 0 Å². The highest BCUT2D eigenvalue weighted by Crippen LogP contribution is 2.28. The van der Waals surface area contributed by atoms with Crippen molar-refractivity contribution >= 4 is 22.0 Å². The molecule has 7 heteroatoms. The number of nitrogens with one attached hydrogen (secondary N) is 2. The molecule has 5 nitrogen and oxygen atoms in total. The smallest absolute Gasteiger partial charge is 0.279 e. The van der Waals surface area contributed by atoms with Crippen LogP contribution >= 0.6 is 11.8 Å². The molecule has 2 N–H and O–H groups in total. The van der Waals surface area contributed by atoms with Gasteiger partial charge in [0.15, 0.2) is 0 Å². The number of rotatable bonds is 6. The Bertz CT molecular complexity index is 414. The van der Waals surface area contributed by atoms with Gasteiger partial charge in [0.25, 0.3) is 10.2 Å². The summed E-state index contributed by atoms with van der Waals surface area (Å²) >= 11 is 1.79. The van der Waals surface area contributed by atoms with Crippen LogP contribution in [0.2, 0.25) is 0 Å². The lowest BCUT2D eigenvalue weighted by atomic mass is 9.96. The van der Waals surface area contributed by atoms with Crippen LogP contribution in [0.25, 0.3) is 0 Å². The van der Waals surface area contributed by atoms with Crippen molar-refractivity contribution in [1.82, 2.24) is 14.3 Å². The van der Waals surface area contributed by atoms with Crippen LogP contribution in [-0.4, -0.2) is 57.0 Å². The van der Waals surface area contributed by atoms with Gasteiger partial charge in [0.1, 0.15) is 0 Å². The number of hydrogen-bond acceptors (Lipinski definition) is 4. The van der Waals surface area contributed by atoms with E-state index in [1.807, 2.05) is 7.05 Å². The fraction of sp³-hybridized carbons (Fsp3) is 1.00. The van der Waals surface area contributed by atoms with E-state index in [0.717, 1.165) is 38.6 Å². The molecule has 2 fully saturated rings. The van der Waals surface area contributed by atoms with Crippen molar-refractivity contribution in [2.45, 2.75) is 49.8 Å². The average molecular weight is 336 g/mol. The first-order valence-corrected chi connectivity index (χ1v) is 10.7. The highest BCUT2D eigenvalue weighted by molar-refractivity contribution is 7.99. The number of hydrogen-bond donors (Lipinski definition) is 2. The predicted octanol–water partition coefficient (Wildman–Crippen LogP) is 1.43. The second-order valence-corrected chi connectivity index (χ2v) is 8.99. The Morgan fingerprint density at radius 1 is 1.19 bits per heavy atom. The van der Waals surface area contributed by atoms with Crippen LogP contribution in [-0.2, 0) is 10.2 Å². The van der Waals surface area contributed by atoms with Gasteiger partial charge in [-0.15, -0.1) is 0 Å². The van der Waals surface area contributed by atoms with Gasteiger partial charge in [0.05, 0.1) is 0 Å². The lowest BCUT2D eigenvalue weighted by Gasteiger charge is -2.36. The standard InChI is InChI=1S/C14H29N3O2S2/c1-15-10-12-6-5-9-17(11-12)21(18,19)16-13-7-3-4-8-14(13)20-2/h12-16H,3-11H2,1-2H3. The zero-order valence-corrected chi connectivity index (χ0v) is 14.8. The summed E-state index contributed by atoms with van der Waals surface area (Å²) < 4.78 is 29.9. The average Bonchev–Trinajstić information content (AvgIpc) is 2.48. The molecule has 1 saturated carbocycles. The normalized spacial score (nSPS) is 32.2. The maximum absolute atomic E-state index is 12.7. The van der Waals surface area contributed by atoms with Crippen molar-refractivity contribution in [3.8, 4) is 0 Å². The van der Waals surface area contributed by atoms with E-state index < -0.39 is 10.2 Å². The van der Waals surface area contributed by atoms with Gasteiger partial charge < -0.3 is 5.32 Å². The minimum atomic E-state index is -3.33. The molecule has 21 heavy (non-hydrogen) atoms.